The number of ether oxygens (including phenoxy) is 1. The van der Waals surface area contributed by atoms with Gasteiger partial charge in [-0.1, -0.05) is 20.3 Å². The van der Waals surface area contributed by atoms with Gasteiger partial charge in [-0.25, -0.2) is 4.79 Å². The molecule has 0 atom stereocenters. The summed E-state index contributed by atoms with van der Waals surface area (Å²) in [6.45, 7) is 9.80. The van der Waals surface area contributed by atoms with E-state index in [1.807, 2.05) is 14.0 Å². The maximum Gasteiger partial charge on any atom is 0.341 e. The highest BCUT2D eigenvalue weighted by atomic mass is 16.5. The number of aryl methyl sites for hydroxylation is 1. The Bertz CT molecular complexity index is 488. The summed E-state index contributed by atoms with van der Waals surface area (Å²) < 4.78 is 6.90. The molecule has 0 saturated carbocycles. The molecule has 5 nitrogen and oxygen atoms in total. The molecule has 5 heteroatoms. The van der Waals surface area contributed by atoms with E-state index in [0.29, 0.717) is 17.6 Å². The molecule has 21 heavy (non-hydrogen) atoms. The van der Waals surface area contributed by atoms with Crippen LogP contribution in [0.15, 0.2) is 6.20 Å². The number of aromatic nitrogens is 2. The summed E-state index contributed by atoms with van der Waals surface area (Å²) >= 11 is 0. The van der Waals surface area contributed by atoms with Crippen LogP contribution in [0.1, 0.15) is 56.1 Å². The van der Waals surface area contributed by atoms with E-state index in [9.17, 15) is 4.79 Å². The predicted octanol–water partition coefficient (Wildman–Crippen LogP) is 2.61. The zero-order chi connectivity index (χ0) is 15.5. The van der Waals surface area contributed by atoms with Crippen molar-refractivity contribution >= 4 is 5.97 Å². The fourth-order valence-electron chi connectivity index (χ4n) is 2.85. The van der Waals surface area contributed by atoms with Crippen LogP contribution in [0.3, 0.4) is 0 Å². The summed E-state index contributed by atoms with van der Waals surface area (Å²) in [6.07, 6.45) is 5.29. The summed E-state index contributed by atoms with van der Waals surface area (Å²) in [7, 11) is 1.89. The van der Waals surface area contributed by atoms with Gasteiger partial charge in [-0.2, -0.15) is 5.10 Å². The number of nitrogens with zero attached hydrogens (tertiary/aromatic N) is 3. The van der Waals surface area contributed by atoms with Crippen LogP contribution in [-0.2, 0) is 18.3 Å². The van der Waals surface area contributed by atoms with Crippen LogP contribution < -0.4 is 0 Å². The second-order valence-corrected chi connectivity index (χ2v) is 6.29. The van der Waals surface area contributed by atoms with E-state index in [1.54, 1.807) is 10.9 Å². The molecule has 0 spiro atoms. The van der Waals surface area contributed by atoms with Crippen molar-refractivity contribution in [3.63, 3.8) is 0 Å². The highest BCUT2D eigenvalue weighted by molar-refractivity contribution is 5.90. The van der Waals surface area contributed by atoms with Crippen LogP contribution in [0, 0.1) is 5.41 Å². The first-order valence-electron chi connectivity index (χ1n) is 7.89. The van der Waals surface area contributed by atoms with Gasteiger partial charge in [0, 0.05) is 13.6 Å². The molecule has 0 unspecified atom stereocenters. The van der Waals surface area contributed by atoms with E-state index < -0.39 is 0 Å². The van der Waals surface area contributed by atoms with Crippen molar-refractivity contribution in [3.8, 4) is 0 Å². The predicted molar refractivity (Wildman–Crippen MR) is 82.1 cm³/mol. The van der Waals surface area contributed by atoms with Crippen LogP contribution in [0.4, 0.5) is 0 Å². The van der Waals surface area contributed by atoms with Crippen LogP contribution in [0.5, 0.6) is 0 Å². The van der Waals surface area contributed by atoms with Crippen molar-refractivity contribution in [1.82, 2.24) is 14.7 Å². The fraction of sp³-hybridized carbons (Fsp3) is 0.750. The van der Waals surface area contributed by atoms with E-state index in [-0.39, 0.29) is 5.97 Å². The highest BCUT2D eigenvalue weighted by Crippen LogP contribution is 2.34. The second kappa shape index (κ2) is 6.60. The molecule has 0 aromatic carbocycles. The Labute approximate surface area is 127 Å². The Morgan fingerprint density at radius 2 is 2.05 bits per heavy atom. The smallest absolute Gasteiger partial charge is 0.341 e. The number of carbonyl (C=O) groups is 1. The Morgan fingerprint density at radius 3 is 2.62 bits per heavy atom. The van der Waals surface area contributed by atoms with Crippen molar-refractivity contribution in [2.24, 2.45) is 12.5 Å². The zero-order valence-electron chi connectivity index (χ0n) is 13.7. The molecule has 0 radical (unpaired) electrons. The minimum absolute atomic E-state index is 0.268. The normalized spacial score (nSPS) is 18.7. The number of piperidine rings is 1. The third-order valence-corrected chi connectivity index (χ3v) is 4.85. The SMILES string of the molecule is CCOC(=O)c1cnn(C)c1CN1CCC(C)(CC)CC1. The lowest BCUT2D eigenvalue weighted by molar-refractivity contribution is 0.0521. The molecule has 1 saturated heterocycles. The van der Waals surface area contributed by atoms with Gasteiger partial charge in [-0.3, -0.25) is 9.58 Å². The highest BCUT2D eigenvalue weighted by Gasteiger charge is 2.29. The van der Waals surface area contributed by atoms with E-state index in [4.69, 9.17) is 4.74 Å². The monoisotopic (exact) mass is 293 g/mol. The van der Waals surface area contributed by atoms with Gasteiger partial charge in [0.05, 0.1) is 18.5 Å². The Morgan fingerprint density at radius 1 is 1.38 bits per heavy atom. The summed E-state index contributed by atoms with van der Waals surface area (Å²) in [5.41, 5.74) is 2.03. The van der Waals surface area contributed by atoms with Crippen molar-refractivity contribution in [3.05, 3.63) is 17.5 Å². The van der Waals surface area contributed by atoms with E-state index in [2.05, 4.69) is 23.8 Å². The molecule has 1 aliphatic rings. The lowest BCUT2D eigenvalue weighted by atomic mass is 9.78. The molecule has 1 aromatic rings. The maximum absolute atomic E-state index is 12.0. The average Bonchev–Trinajstić information content (AvgIpc) is 2.83. The molecule has 2 rings (SSSR count). The van der Waals surface area contributed by atoms with E-state index >= 15 is 0 Å². The standard InChI is InChI=1S/C16H27N3O2/c1-5-16(3)7-9-19(10-8-16)12-14-13(11-17-18(14)4)15(20)21-6-2/h11H,5-10,12H2,1-4H3. The summed E-state index contributed by atoms with van der Waals surface area (Å²) in [4.78, 5) is 14.4. The summed E-state index contributed by atoms with van der Waals surface area (Å²) in [6, 6.07) is 0. The van der Waals surface area contributed by atoms with Crippen molar-refractivity contribution in [1.29, 1.82) is 0 Å². The van der Waals surface area contributed by atoms with Crippen LogP contribution >= 0.6 is 0 Å². The first kappa shape index (κ1) is 16.0. The molecule has 0 amide bonds. The van der Waals surface area contributed by atoms with E-state index in [1.165, 1.54) is 19.3 Å². The third-order valence-electron chi connectivity index (χ3n) is 4.85. The molecule has 2 heterocycles. The van der Waals surface area contributed by atoms with Gasteiger partial charge >= 0.3 is 5.97 Å². The van der Waals surface area contributed by atoms with Crippen LogP contribution in [-0.4, -0.2) is 40.3 Å². The van der Waals surface area contributed by atoms with Crippen LogP contribution in [0.2, 0.25) is 0 Å². The summed E-state index contributed by atoms with van der Waals surface area (Å²) in [5.74, 6) is -0.268. The number of likely N-dealkylation sites (tertiary alicyclic amines) is 1. The zero-order valence-corrected chi connectivity index (χ0v) is 13.7. The quantitative estimate of drug-likeness (QED) is 0.783. The topological polar surface area (TPSA) is 47.4 Å². The van der Waals surface area contributed by atoms with Crippen molar-refractivity contribution in [2.45, 2.75) is 46.6 Å². The average molecular weight is 293 g/mol. The molecule has 1 aromatic heterocycles. The number of carbonyl (C=O) groups excluding carboxylic acids is 1. The van der Waals surface area contributed by atoms with Gasteiger partial charge in [0.15, 0.2) is 0 Å². The molecular formula is C16H27N3O2. The number of hydrogen-bond donors (Lipinski definition) is 0. The Balaban J connectivity index is 2.04. The maximum atomic E-state index is 12.0. The van der Waals surface area contributed by atoms with E-state index in [0.717, 1.165) is 25.3 Å². The largest absolute Gasteiger partial charge is 0.462 e. The van der Waals surface area contributed by atoms with Crippen molar-refractivity contribution < 1.29 is 9.53 Å². The minimum Gasteiger partial charge on any atom is -0.462 e. The molecular weight excluding hydrogens is 266 g/mol. The fourth-order valence-corrected chi connectivity index (χ4v) is 2.85. The third kappa shape index (κ3) is 3.64. The van der Waals surface area contributed by atoms with Gasteiger partial charge < -0.3 is 4.74 Å². The Kier molecular flexibility index (Phi) is 5.04. The first-order chi connectivity index (χ1) is 9.99. The van der Waals surface area contributed by atoms with Crippen LogP contribution in [0.25, 0.3) is 0 Å². The van der Waals surface area contributed by atoms with Gasteiger partial charge in [-0.15, -0.1) is 0 Å². The van der Waals surface area contributed by atoms with Gasteiger partial charge in [-0.05, 0) is 38.3 Å². The molecule has 1 aliphatic heterocycles. The van der Waals surface area contributed by atoms with Gasteiger partial charge in [0.2, 0.25) is 0 Å². The molecule has 1 fully saturated rings. The lowest BCUT2D eigenvalue weighted by Gasteiger charge is -2.38. The minimum atomic E-state index is -0.268. The second-order valence-electron chi connectivity index (χ2n) is 6.29. The molecule has 118 valence electrons. The Hall–Kier alpha value is -1.36. The molecule has 0 N–H and O–H groups in total. The van der Waals surface area contributed by atoms with Gasteiger partial charge in [0.1, 0.15) is 5.56 Å². The number of rotatable bonds is 5. The van der Waals surface area contributed by atoms with Crippen molar-refractivity contribution in [2.75, 3.05) is 19.7 Å². The molecule has 0 aliphatic carbocycles. The van der Waals surface area contributed by atoms with Gasteiger partial charge in [0.25, 0.3) is 0 Å². The molecule has 0 bridgehead atoms. The number of esters is 1. The number of hydrogen-bond acceptors (Lipinski definition) is 4. The summed E-state index contributed by atoms with van der Waals surface area (Å²) in [5, 5.41) is 4.22. The lowest BCUT2D eigenvalue weighted by Crippen LogP contribution is -2.38. The first-order valence-corrected chi connectivity index (χ1v) is 7.89.